The number of rotatable bonds is 9. The molecule has 6 N–H and O–H groups in total. The van der Waals surface area contributed by atoms with Gasteiger partial charge < -0.3 is 63.9 Å². The summed E-state index contributed by atoms with van der Waals surface area (Å²) in [5.41, 5.74) is -10.0. The number of anilines is 1. The number of carbonyl (C=O) groups is 6. The topological polar surface area (TPSA) is 349 Å². The number of amides is 1. The molecule has 4 aliphatic rings. The molecule has 2 aromatic carbocycles. The number of aliphatic hydroxyl groups is 1. The molecule has 72 heavy (non-hydrogen) atoms. The summed E-state index contributed by atoms with van der Waals surface area (Å²) in [6.45, 7) is 7.34. The molecule has 8 rings (SSSR count). The van der Waals surface area contributed by atoms with Gasteiger partial charge in [0.1, 0.15) is 34.6 Å². The number of Topliss-reactive ketones (excluding diaryl/α,β-unsaturated/α-hetero) is 4. The quantitative estimate of drug-likeness (QED) is 0.0606. The van der Waals surface area contributed by atoms with Gasteiger partial charge in [0.15, 0.2) is 58.0 Å². The molecule has 24 heteroatoms. The number of phenols is 1. The molecule has 3 aliphatic heterocycles. The summed E-state index contributed by atoms with van der Waals surface area (Å²) in [6, 6.07) is 6.06. The average molecular weight is 999 g/mol. The molecule has 5 heterocycles. The highest BCUT2D eigenvalue weighted by molar-refractivity contribution is 6.31. The highest BCUT2D eigenvalue weighted by Gasteiger charge is 2.56. The number of methoxy groups -OCH3 is 2. The third-order valence-electron chi connectivity index (χ3n) is 13.1. The second-order valence-corrected chi connectivity index (χ2v) is 18.1. The number of esters is 1. The Morgan fingerprint density at radius 3 is 2.33 bits per heavy atom. The number of carbonyl (C=O) groups excluding carboxylic acids is 6. The Kier molecular flexibility index (Phi) is 12.7. The van der Waals surface area contributed by atoms with Crippen molar-refractivity contribution in [3.8, 4) is 28.7 Å². The number of nitro groups is 1. The number of phenolic OH excluding ortho intramolecular Hbond substituents is 1. The maximum absolute atomic E-state index is 14.5. The Bertz CT molecular complexity index is 3210. The van der Waals surface area contributed by atoms with E-state index in [1.165, 1.54) is 80.0 Å². The van der Waals surface area contributed by atoms with Crippen molar-refractivity contribution in [1.82, 2.24) is 10.3 Å². The van der Waals surface area contributed by atoms with E-state index in [0.717, 1.165) is 12.1 Å². The molecular weight excluding hydrogens is 953 g/mol. The molecule has 1 saturated heterocycles. The van der Waals surface area contributed by atoms with E-state index in [2.05, 4.69) is 15.6 Å². The Morgan fingerprint density at radius 2 is 1.67 bits per heavy atom. The second-order valence-electron chi connectivity index (χ2n) is 18.1. The summed E-state index contributed by atoms with van der Waals surface area (Å²) >= 11 is 0. The predicted molar refractivity (Wildman–Crippen MR) is 244 cm³/mol. The molecule has 8 unspecified atom stereocenters. The number of aryl methyl sites for hydroxylation is 1. The van der Waals surface area contributed by atoms with Crippen LogP contribution >= 0.6 is 0 Å². The Labute approximate surface area is 406 Å². The molecule has 4 aromatic rings. The lowest BCUT2D eigenvalue weighted by atomic mass is 9.82. The molecule has 2 aromatic heterocycles. The van der Waals surface area contributed by atoms with E-state index in [-0.39, 0.29) is 39.1 Å². The lowest BCUT2D eigenvalue weighted by molar-refractivity contribution is -0.593. The summed E-state index contributed by atoms with van der Waals surface area (Å²) in [4.78, 5) is 114. The third kappa shape index (κ3) is 8.21. The van der Waals surface area contributed by atoms with Crippen molar-refractivity contribution < 1.29 is 87.0 Å². The van der Waals surface area contributed by atoms with Gasteiger partial charge in [-0.15, -0.1) is 0 Å². The van der Waals surface area contributed by atoms with Gasteiger partial charge in [-0.1, -0.05) is 13.0 Å². The fraction of sp³-hybridized carbons (Fsp3) is 0.375. The highest BCUT2D eigenvalue weighted by Crippen LogP contribution is 2.42. The number of hydrogen-bond acceptors (Lipinski definition) is 22. The summed E-state index contributed by atoms with van der Waals surface area (Å²) < 4.78 is 39.3. The van der Waals surface area contributed by atoms with Crippen LogP contribution in [0.1, 0.15) is 98.7 Å². The first kappa shape index (κ1) is 50.2. The average Bonchev–Trinajstić information content (AvgIpc) is 3.33. The molecule has 8 atom stereocenters. The van der Waals surface area contributed by atoms with Crippen LogP contribution in [0.2, 0.25) is 0 Å². The van der Waals surface area contributed by atoms with Gasteiger partial charge in [-0.3, -0.25) is 34.1 Å². The lowest BCUT2D eigenvalue weighted by Crippen LogP contribution is -2.60. The molecule has 0 radical (unpaired) electrons. The maximum atomic E-state index is 14.5. The Balaban J connectivity index is 1.22. The van der Waals surface area contributed by atoms with Crippen molar-refractivity contribution in [2.75, 3.05) is 26.1 Å². The van der Waals surface area contributed by atoms with Gasteiger partial charge in [0, 0.05) is 42.6 Å². The van der Waals surface area contributed by atoms with Gasteiger partial charge in [-0.25, -0.2) is 14.6 Å². The number of fused-ring (bicyclic) bond motifs is 2. The van der Waals surface area contributed by atoms with E-state index >= 15 is 0 Å². The van der Waals surface area contributed by atoms with Gasteiger partial charge in [-0.2, -0.15) is 0 Å². The van der Waals surface area contributed by atoms with Gasteiger partial charge in [0.2, 0.25) is 23.6 Å². The number of benzene rings is 2. The smallest absolute Gasteiger partial charge is 0.364 e. The molecule has 378 valence electrons. The van der Waals surface area contributed by atoms with Crippen LogP contribution in [0.4, 0.5) is 5.69 Å². The molecule has 24 nitrogen and oxygen atoms in total. The van der Waals surface area contributed by atoms with Crippen LogP contribution in [-0.4, -0.2) is 128 Å². The molecular formula is C48H46N4O20. The van der Waals surface area contributed by atoms with Gasteiger partial charge in [-0.05, 0) is 57.0 Å². The van der Waals surface area contributed by atoms with E-state index in [1.54, 1.807) is 0 Å². The Morgan fingerprint density at radius 1 is 0.958 bits per heavy atom. The van der Waals surface area contributed by atoms with Gasteiger partial charge in [0.05, 0.1) is 42.7 Å². The van der Waals surface area contributed by atoms with Gasteiger partial charge in [0.25, 0.3) is 11.4 Å². The number of ketones is 4. The van der Waals surface area contributed by atoms with Crippen LogP contribution in [0, 0.1) is 23.0 Å². The minimum atomic E-state index is -2.40. The van der Waals surface area contributed by atoms with Crippen LogP contribution in [0.25, 0.3) is 11.0 Å². The van der Waals surface area contributed by atoms with Crippen molar-refractivity contribution >= 4 is 51.7 Å². The number of allylic oxidation sites excluding steroid dienone is 3. The number of pyridine rings is 1. The number of aromatic nitrogens is 1. The zero-order valence-electron chi connectivity index (χ0n) is 39.6. The van der Waals surface area contributed by atoms with E-state index in [0.29, 0.717) is 0 Å². The van der Waals surface area contributed by atoms with Crippen LogP contribution in [0.15, 0.2) is 62.6 Å². The number of hydrogen-bond donors (Lipinski definition) is 6. The molecule has 3 bridgehead atoms. The van der Waals surface area contributed by atoms with Crippen molar-refractivity contribution in [2.24, 2.45) is 5.92 Å². The standard InChI is InChI=1S/C48H46N4O20/c1-17-11-19(3)40(39(59)42(60)48(6)16-49-30-36(56)23-12-18(2)34(54)29(33(17)53)28(23)38(58)41(30)72-48)71-46(63)32-37(57)26(69-27-15-47(5,52(64)65)43(67-8)20(4)68-27)14-24(50-32)44(61)51-31-35(55)22-10-9-21(66-7)13-25(22)70-45(31)62/h9-14,19-20,27,39-40,43,49,54-55,57,59H,15-16H2,1-8H3,(H,51,61)/b17-11+. The van der Waals surface area contributed by atoms with Crippen molar-refractivity contribution in [3.05, 3.63) is 108 Å². The number of aliphatic hydroxyl groups excluding tert-OH is 1. The number of nitrogens with zero attached hydrogens (tertiary/aromatic N) is 2. The summed E-state index contributed by atoms with van der Waals surface area (Å²) in [6.07, 6.45) is -7.53. The minimum Gasteiger partial charge on any atom is -0.507 e. The first-order chi connectivity index (χ1) is 33.8. The fourth-order valence-electron chi connectivity index (χ4n) is 9.28. The zero-order chi connectivity index (χ0) is 52.6. The minimum absolute atomic E-state index is 0.0464. The monoisotopic (exact) mass is 998 g/mol. The number of aromatic hydroxyl groups is 3. The lowest BCUT2D eigenvalue weighted by Gasteiger charge is -2.40. The normalized spacial score (nSPS) is 26.8. The predicted octanol–water partition coefficient (Wildman–Crippen LogP) is 3.34. The molecule has 1 fully saturated rings. The first-order valence-electron chi connectivity index (χ1n) is 22.0. The summed E-state index contributed by atoms with van der Waals surface area (Å²) in [5, 5.41) is 63.2. The van der Waals surface area contributed by atoms with E-state index in [1.807, 2.05) is 0 Å². The van der Waals surface area contributed by atoms with E-state index in [9.17, 15) is 64.1 Å². The van der Waals surface area contributed by atoms with Crippen molar-refractivity contribution in [2.45, 2.75) is 89.8 Å². The van der Waals surface area contributed by atoms with Crippen LogP contribution < -0.4 is 25.7 Å². The van der Waals surface area contributed by atoms with Crippen LogP contribution in [-0.2, 0) is 23.7 Å². The van der Waals surface area contributed by atoms with E-state index in [4.69, 9.17) is 32.8 Å². The fourth-order valence-corrected chi connectivity index (χ4v) is 9.28. The molecule has 1 amide bonds. The third-order valence-corrected chi connectivity index (χ3v) is 13.1. The SMILES string of the molecule is COc1ccc2c(O)c(NC(=O)c3cc(OC4CC(C)([N+](=O)[O-])C(OC)C(C)O4)c(O)c(C(=O)OC4C(C)/C=C(\C)C(=O)c5c(O)c(C)cc6c5C(=O)C5=C(NCC(C)(O5)C(=O)C4O)C6=O)n3)c(=O)oc2c1. The molecule has 1 aliphatic carbocycles. The molecule has 0 spiro atoms. The number of ether oxygens (including phenoxy) is 6. The maximum Gasteiger partial charge on any atom is 0.364 e. The van der Waals surface area contributed by atoms with E-state index < -0.39 is 163 Å². The molecule has 0 saturated carbocycles. The zero-order valence-corrected chi connectivity index (χ0v) is 39.6. The van der Waals surface area contributed by atoms with Crippen LogP contribution in [0.5, 0.6) is 28.7 Å². The summed E-state index contributed by atoms with van der Waals surface area (Å²) in [7, 11) is 2.59. The largest absolute Gasteiger partial charge is 0.507 e. The summed E-state index contributed by atoms with van der Waals surface area (Å²) in [5.74, 6) is -12.1. The van der Waals surface area contributed by atoms with Gasteiger partial charge >= 0.3 is 11.6 Å². The van der Waals surface area contributed by atoms with Crippen molar-refractivity contribution in [1.29, 1.82) is 0 Å². The Hall–Kier alpha value is -8.22. The van der Waals surface area contributed by atoms with Crippen molar-refractivity contribution in [3.63, 3.8) is 0 Å². The highest BCUT2D eigenvalue weighted by atomic mass is 16.7. The number of nitrogens with one attached hydrogen (secondary N) is 2. The first-order valence-corrected chi connectivity index (χ1v) is 22.0. The van der Waals surface area contributed by atoms with Crippen LogP contribution in [0.3, 0.4) is 0 Å². The second kappa shape index (κ2) is 18.2.